The van der Waals surface area contributed by atoms with Gasteiger partial charge in [0.1, 0.15) is 10.7 Å². The molecule has 19 heavy (non-hydrogen) atoms. The highest BCUT2D eigenvalue weighted by Gasteiger charge is 2.26. The average Bonchev–Trinajstić information content (AvgIpc) is 2.26. The van der Waals surface area contributed by atoms with Gasteiger partial charge in [0.05, 0.1) is 10.9 Å². The van der Waals surface area contributed by atoms with E-state index in [1.807, 2.05) is 0 Å². The molecule has 5 nitrogen and oxygen atoms in total. The monoisotopic (exact) mass is 309 g/mol. The first-order chi connectivity index (χ1) is 8.65. The molecule has 0 fully saturated rings. The minimum atomic E-state index is -4.00. The molecule has 1 aromatic rings. The molecule has 0 heterocycles. The maximum atomic E-state index is 12.9. The number of carboxylic acids is 1. The van der Waals surface area contributed by atoms with E-state index in [4.69, 9.17) is 16.7 Å². The van der Waals surface area contributed by atoms with E-state index in [9.17, 15) is 17.6 Å². The van der Waals surface area contributed by atoms with Crippen LogP contribution in [-0.4, -0.2) is 25.5 Å². The van der Waals surface area contributed by atoms with Crippen LogP contribution in [0.25, 0.3) is 0 Å². The third kappa shape index (κ3) is 3.89. The SMILES string of the molecule is CC(NS(=O)(=O)c1ccc(F)cc1Cl)C(C)C(=O)O. The first-order valence-corrected chi connectivity index (χ1v) is 7.21. The van der Waals surface area contributed by atoms with Crippen molar-refractivity contribution in [2.75, 3.05) is 0 Å². The quantitative estimate of drug-likeness (QED) is 0.869. The topological polar surface area (TPSA) is 83.5 Å². The number of carboxylic acid groups (broad SMARTS) is 1. The minimum absolute atomic E-state index is 0.261. The van der Waals surface area contributed by atoms with E-state index in [0.29, 0.717) is 0 Å². The summed E-state index contributed by atoms with van der Waals surface area (Å²) in [6.45, 7) is 2.80. The molecule has 106 valence electrons. The van der Waals surface area contributed by atoms with Gasteiger partial charge in [-0.3, -0.25) is 4.79 Å². The number of nitrogens with one attached hydrogen (secondary N) is 1. The zero-order chi connectivity index (χ0) is 14.8. The summed E-state index contributed by atoms with van der Waals surface area (Å²) < 4.78 is 39.0. The summed E-state index contributed by atoms with van der Waals surface area (Å²) in [5, 5.41) is 8.54. The standard InChI is InChI=1S/C11H13ClFNO4S/c1-6(11(15)16)7(2)14-19(17,18)10-4-3-8(13)5-9(10)12/h3-7,14H,1-2H3,(H,15,16). The van der Waals surface area contributed by atoms with Gasteiger partial charge in [0.25, 0.3) is 0 Å². The Kier molecular flexibility index (Phi) is 4.89. The van der Waals surface area contributed by atoms with Crippen LogP contribution in [0.5, 0.6) is 0 Å². The number of rotatable bonds is 5. The molecule has 8 heteroatoms. The Morgan fingerprint density at radius 2 is 2.00 bits per heavy atom. The number of halogens is 2. The number of sulfonamides is 1. The van der Waals surface area contributed by atoms with Crippen molar-refractivity contribution < 1.29 is 22.7 Å². The molecule has 0 amide bonds. The predicted molar refractivity (Wildman–Crippen MR) is 68.0 cm³/mol. The fourth-order valence-corrected chi connectivity index (χ4v) is 3.17. The predicted octanol–water partition coefficient (Wildman–Crippen LogP) is 1.87. The lowest BCUT2D eigenvalue weighted by Crippen LogP contribution is -2.40. The van der Waals surface area contributed by atoms with Crippen LogP contribution in [0.2, 0.25) is 5.02 Å². The molecule has 2 unspecified atom stereocenters. The van der Waals surface area contributed by atoms with Crippen LogP contribution in [0.4, 0.5) is 4.39 Å². The Balaban J connectivity index is 3.02. The molecule has 0 saturated carbocycles. The van der Waals surface area contributed by atoms with Gasteiger partial charge in [0, 0.05) is 6.04 Å². The molecule has 0 aliphatic carbocycles. The summed E-state index contributed by atoms with van der Waals surface area (Å²) >= 11 is 5.66. The van der Waals surface area contributed by atoms with Gasteiger partial charge in [-0.25, -0.2) is 17.5 Å². The molecule has 0 aromatic heterocycles. The zero-order valence-corrected chi connectivity index (χ0v) is 11.8. The lowest BCUT2D eigenvalue weighted by atomic mass is 10.1. The van der Waals surface area contributed by atoms with Crippen molar-refractivity contribution >= 4 is 27.6 Å². The second kappa shape index (κ2) is 5.85. The van der Waals surface area contributed by atoms with Crippen LogP contribution >= 0.6 is 11.6 Å². The fraction of sp³-hybridized carbons (Fsp3) is 0.364. The molecule has 0 radical (unpaired) electrons. The van der Waals surface area contributed by atoms with E-state index in [0.717, 1.165) is 18.2 Å². The summed E-state index contributed by atoms with van der Waals surface area (Å²) in [6.07, 6.45) is 0. The van der Waals surface area contributed by atoms with Gasteiger partial charge in [0.15, 0.2) is 0 Å². The number of carbonyl (C=O) groups is 1. The fourth-order valence-electron chi connectivity index (χ4n) is 1.32. The van der Waals surface area contributed by atoms with Gasteiger partial charge < -0.3 is 5.11 Å². The lowest BCUT2D eigenvalue weighted by Gasteiger charge is -2.18. The van der Waals surface area contributed by atoms with Crippen molar-refractivity contribution in [3.8, 4) is 0 Å². The highest BCUT2D eigenvalue weighted by molar-refractivity contribution is 7.89. The summed E-state index contributed by atoms with van der Waals surface area (Å²) in [4.78, 5) is 10.5. The Bertz CT molecular complexity index is 590. The van der Waals surface area contributed by atoms with Crippen molar-refractivity contribution in [2.24, 2.45) is 5.92 Å². The van der Waals surface area contributed by atoms with Crippen LogP contribution in [0.3, 0.4) is 0 Å². The maximum absolute atomic E-state index is 12.9. The molecule has 0 saturated heterocycles. The van der Waals surface area contributed by atoms with E-state index < -0.39 is 33.8 Å². The number of hydrogen-bond acceptors (Lipinski definition) is 3. The Labute approximate surface area is 115 Å². The van der Waals surface area contributed by atoms with Crippen molar-refractivity contribution in [3.63, 3.8) is 0 Å². The van der Waals surface area contributed by atoms with Crippen molar-refractivity contribution in [2.45, 2.75) is 24.8 Å². The van der Waals surface area contributed by atoms with Crippen LogP contribution in [-0.2, 0) is 14.8 Å². The summed E-state index contributed by atoms with van der Waals surface area (Å²) in [5.41, 5.74) is 0. The van der Waals surface area contributed by atoms with E-state index in [-0.39, 0.29) is 9.92 Å². The molecule has 1 rings (SSSR count). The third-order valence-electron chi connectivity index (χ3n) is 2.66. The van der Waals surface area contributed by atoms with Crippen molar-refractivity contribution in [1.82, 2.24) is 4.72 Å². The first kappa shape index (κ1) is 15.9. The number of aliphatic carboxylic acids is 1. The average molecular weight is 310 g/mol. The van der Waals surface area contributed by atoms with Gasteiger partial charge in [-0.15, -0.1) is 0 Å². The van der Waals surface area contributed by atoms with Crippen LogP contribution in [0.1, 0.15) is 13.8 Å². The smallest absolute Gasteiger partial charge is 0.307 e. The molecule has 1 aromatic carbocycles. The molecule has 2 N–H and O–H groups in total. The molecule has 2 atom stereocenters. The van der Waals surface area contributed by atoms with Crippen LogP contribution in [0.15, 0.2) is 23.1 Å². The van der Waals surface area contributed by atoms with Crippen LogP contribution < -0.4 is 4.72 Å². The summed E-state index contributed by atoms with van der Waals surface area (Å²) in [5.74, 6) is -2.69. The number of hydrogen-bond donors (Lipinski definition) is 2. The molecular formula is C11H13ClFNO4S. The Hall–Kier alpha value is -1.18. The highest BCUT2D eigenvalue weighted by Crippen LogP contribution is 2.22. The van der Waals surface area contributed by atoms with Crippen molar-refractivity contribution in [3.05, 3.63) is 29.0 Å². The van der Waals surface area contributed by atoms with Crippen molar-refractivity contribution in [1.29, 1.82) is 0 Å². The van der Waals surface area contributed by atoms with E-state index in [1.54, 1.807) is 0 Å². The summed E-state index contributed by atoms with van der Waals surface area (Å²) in [7, 11) is -4.00. The number of benzene rings is 1. The maximum Gasteiger partial charge on any atom is 0.307 e. The highest BCUT2D eigenvalue weighted by atomic mass is 35.5. The Morgan fingerprint density at radius 1 is 1.42 bits per heavy atom. The molecule has 0 aliphatic heterocycles. The normalized spacial score (nSPS) is 14.9. The zero-order valence-electron chi connectivity index (χ0n) is 10.2. The first-order valence-electron chi connectivity index (χ1n) is 5.35. The minimum Gasteiger partial charge on any atom is -0.481 e. The van der Waals surface area contributed by atoms with E-state index in [1.165, 1.54) is 13.8 Å². The second-order valence-corrected chi connectivity index (χ2v) is 6.20. The molecular weight excluding hydrogens is 297 g/mol. The van der Waals surface area contributed by atoms with Gasteiger partial charge >= 0.3 is 5.97 Å². The van der Waals surface area contributed by atoms with Crippen LogP contribution in [0, 0.1) is 11.7 Å². The van der Waals surface area contributed by atoms with Gasteiger partial charge in [-0.1, -0.05) is 18.5 Å². The van der Waals surface area contributed by atoms with E-state index in [2.05, 4.69) is 4.72 Å². The lowest BCUT2D eigenvalue weighted by molar-refractivity contribution is -0.141. The van der Waals surface area contributed by atoms with Gasteiger partial charge in [-0.2, -0.15) is 0 Å². The molecule has 0 spiro atoms. The third-order valence-corrected chi connectivity index (χ3v) is 4.71. The van der Waals surface area contributed by atoms with E-state index >= 15 is 0 Å². The largest absolute Gasteiger partial charge is 0.481 e. The molecule has 0 bridgehead atoms. The van der Waals surface area contributed by atoms with Gasteiger partial charge in [0.2, 0.25) is 10.0 Å². The summed E-state index contributed by atoms with van der Waals surface area (Å²) in [6, 6.07) is 2.04. The second-order valence-electron chi connectivity index (χ2n) is 4.11. The molecule has 0 aliphatic rings. The Morgan fingerprint density at radius 3 is 2.47 bits per heavy atom. The van der Waals surface area contributed by atoms with Gasteiger partial charge in [-0.05, 0) is 25.1 Å².